The van der Waals surface area contributed by atoms with E-state index in [9.17, 15) is 4.79 Å². The number of hydrazine groups is 1. The van der Waals surface area contributed by atoms with E-state index in [2.05, 4.69) is 5.43 Å². The molecule has 3 nitrogen and oxygen atoms in total. The van der Waals surface area contributed by atoms with Gasteiger partial charge in [-0.3, -0.25) is 10.6 Å². The number of benzene rings is 1. The second kappa shape index (κ2) is 3.37. The average molecular weight is 171 g/mol. The van der Waals surface area contributed by atoms with Crippen molar-refractivity contribution in [2.45, 2.75) is 0 Å². The van der Waals surface area contributed by atoms with Gasteiger partial charge in [-0.15, -0.1) is 0 Å². The highest BCUT2D eigenvalue weighted by molar-refractivity contribution is 6.33. The van der Waals surface area contributed by atoms with E-state index in [1.54, 1.807) is 18.2 Å². The second-order valence-corrected chi connectivity index (χ2v) is 2.41. The number of aldehydes is 1. The van der Waals surface area contributed by atoms with Crippen molar-refractivity contribution in [2.24, 2.45) is 5.84 Å². The van der Waals surface area contributed by atoms with Crippen molar-refractivity contribution in [3.05, 3.63) is 28.8 Å². The van der Waals surface area contributed by atoms with Crippen LogP contribution in [-0.4, -0.2) is 6.29 Å². The summed E-state index contributed by atoms with van der Waals surface area (Å²) in [5.41, 5.74) is 3.48. The van der Waals surface area contributed by atoms with E-state index in [1.165, 1.54) is 0 Å². The number of carbonyl (C=O) groups is 1. The van der Waals surface area contributed by atoms with Crippen LogP contribution >= 0.6 is 11.6 Å². The fraction of sp³-hybridized carbons (Fsp3) is 0. The molecule has 0 radical (unpaired) electrons. The molecule has 0 fully saturated rings. The largest absolute Gasteiger partial charge is 0.323 e. The fourth-order valence-corrected chi connectivity index (χ4v) is 0.899. The van der Waals surface area contributed by atoms with Gasteiger partial charge in [0.1, 0.15) is 6.29 Å². The molecule has 1 rings (SSSR count). The van der Waals surface area contributed by atoms with Crippen molar-refractivity contribution in [1.29, 1.82) is 0 Å². The Kier molecular flexibility index (Phi) is 2.46. The number of hydrogen-bond donors (Lipinski definition) is 2. The number of carbonyl (C=O) groups excluding carboxylic acids is 1. The fourth-order valence-electron chi connectivity index (χ4n) is 0.727. The molecule has 0 saturated heterocycles. The second-order valence-electron chi connectivity index (χ2n) is 2.00. The molecule has 58 valence electrons. The zero-order chi connectivity index (χ0) is 8.27. The van der Waals surface area contributed by atoms with Crippen molar-refractivity contribution >= 4 is 23.6 Å². The van der Waals surface area contributed by atoms with E-state index < -0.39 is 0 Å². The summed E-state index contributed by atoms with van der Waals surface area (Å²) >= 11 is 5.69. The first kappa shape index (κ1) is 8.04. The van der Waals surface area contributed by atoms with Crippen molar-refractivity contribution < 1.29 is 4.79 Å². The standard InChI is InChI=1S/C7H7ClN2O/c8-6-2-1-5(4-11)3-7(6)10-9/h1-4,10H,9H2. The summed E-state index contributed by atoms with van der Waals surface area (Å²) in [6.45, 7) is 0. The molecule has 0 unspecified atom stereocenters. The smallest absolute Gasteiger partial charge is 0.150 e. The minimum Gasteiger partial charge on any atom is -0.323 e. The molecule has 1 aromatic carbocycles. The van der Waals surface area contributed by atoms with Crippen LogP contribution in [0.4, 0.5) is 5.69 Å². The zero-order valence-corrected chi connectivity index (χ0v) is 6.43. The quantitative estimate of drug-likeness (QED) is 0.401. The third-order valence-corrected chi connectivity index (χ3v) is 1.61. The van der Waals surface area contributed by atoms with Crippen LogP contribution in [0.2, 0.25) is 5.02 Å². The number of nitrogens with one attached hydrogen (secondary N) is 1. The van der Waals surface area contributed by atoms with Gasteiger partial charge < -0.3 is 5.43 Å². The predicted molar refractivity (Wildman–Crippen MR) is 44.6 cm³/mol. The monoisotopic (exact) mass is 170 g/mol. The van der Waals surface area contributed by atoms with E-state index in [4.69, 9.17) is 17.4 Å². The van der Waals surface area contributed by atoms with Crippen LogP contribution in [0, 0.1) is 0 Å². The van der Waals surface area contributed by atoms with E-state index in [-0.39, 0.29) is 0 Å². The number of nitrogens with two attached hydrogens (primary N) is 1. The Balaban J connectivity index is 3.12. The Morgan fingerprint density at radius 1 is 1.55 bits per heavy atom. The average Bonchev–Trinajstić information content (AvgIpc) is 2.05. The molecule has 1 aromatic rings. The van der Waals surface area contributed by atoms with Gasteiger partial charge in [-0.05, 0) is 12.1 Å². The van der Waals surface area contributed by atoms with Gasteiger partial charge in [0.15, 0.2) is 0 Å². The lowest BCUT2D eigenvalue weighted by Crippen LogP contribution is -2.07. The van der Waals surface area contributed by atoms with Gasteiger partial charge in [-0.1, -0.05) is 17.7 Å². The number of hydrogen-bond acceptors (Lipinski definition) is 3. The van der Waals surface area contributed by atoms with Crippen LogP contribution in [0.3, 0.4) is 0 Å². The first-order valence-electron chi connectivity index (χ1n) is 2.99. The first-order chi connectivity index (χ1) is 5.27. The van der Waals surface area contributed by atoms with Crippen LogP contribution in [-0.2, 0) is 0 Å². The van der Waals surface area contributed by atoms with Gasteiger partial charge in [0.05, 0.1) is 10.7 Å². The normalized spacial score (nSPS) is 9.27. The highest BCUT2D eigenvalue weighted by Gasteiger charge is 1.98. The molecule has 0 bridgehead atoms. The predicted octanol–water partition coefficient (Wildman–Crippen LogP) is 1.44. The third-order valence-electron chi connectivity index (χ3n) is 1.28. The van der Waals surface area contributed by atoms with E-state index >= 15 is 0 Å². The van der Waals surface area contributed by atoms with E-state index in [1.807, 2.05) is 0 Å². The topological polar surface area (TPSA) is 55.1 Å². The highest BCUT2D eigenvalue weighted by atomic mass is 35.5. The first-order valence-corrected chi connectivity index (χ1v) is 3.37. The summed E-state index contributed by atoms with van der Waals surface area (Å²) < 4.78 is 0. The van der Waals surface area contributed by atoms with Crippen LogP contribution in [0.15, 0.2) is 18.2 Å². The Bertz CT molecular complexity index is 275. The van der Waals surface area contributed by atoms with Gasteiger partial charge in [0.2, 0.25) is 0 Å². The maximum atomic E-state index is 10.3. The molecule has 11 heavy (non-hydrogen) atoms. The maximum Gasteiger partial charge on any atom is 0.150 e. The lowest BCUT2D eigenvalue weighted by molar-refractivity contribution is 0.112. The highest BCUT2D eigenvalue weighted by Crippen LogP contribution is 2.20. The number of rotatable bonds is 2. The van der Waals surface area contributed by atoms with Crippen LogP contribution in [0.5, 0.6) is 0 Å². The van der Waals surface area contributed by atoms with Crippen molar-refractivity contribution in [1.82, 2.24) is 0 Å². The van der Waals surface area contributed by atoms with Crippen molar-refractivity contribution in [3.63, 3.8) is 0 Å². The summed E-state index contributed by atoms with van der Waals surface area (Å²) in [4.78, 5) is 10.3. The maximum absolute atomic E-state index is 10.3. The summed E-state index contributed by atoms with van der Waals surface area (Å²) in [6, 6.07) is 4.81. The Morgan fingerprint density at radius 3 is 2.82 bits per heavy atom. The molecule has 4 heteroatoms. The van der Waals surface area contributed by atoms with Crippen molar-refractivity contribution in [3.8, 4) is 0 Å². The molecule has 0 atom stereocenters. The number of anilines is 1. The molecule has 0 aliphatic carbocycles. The van der Waals surface area contributed by atoms with Gasteiger partial charge in [0.25, 0.3) is 0 Å². The molecule has 0 aromatic heterocycles. The van der Waals surface area contributed by atoms with Gasteiger partial charge in [-0.2, -0.15) is 0 Å². The summed E-state index contributed by atoms with van der Waals surface area (Å²) in [5.74, 6) is 5.12. The van der Waals surface area contributed by atoms with E-state index in [0.29, 0.717) is 16.3 Å². The molecule has 0 aliphatic heterocycles. The minimum atomic E-state index is 0.498. The minimum absolute atomic E-state index is 0.498. The number of nitrogen functional groups attached to an aromatic ring is 1. The van der Waals surface area contributed by atoms with Gasteiger partial charge in [0, 0.05) is 5.56 Å². The Hall–Kier alpha value is -1.06. The lowest BCUT2D eigenvalue weighted by Gasteiger charge is -2.01. The van der Waals surface area contributed by atoms with E-state index in [0.717, 1.165) is 6.29 Å². The summed E-state index contributed by atoms with van der Waals surface area (Å²) in [5, 5.41) is 0.498. The van der Waals surface area contributed by atoms with Crippen LogP contribution in [0.25, 0.3) is 0 Å². The Labute approximate surface area is 69.1 Å². The molecule has 0 spiro atoms. The molecule has 3 N–H and O–H groups in total. The molecule has 0 amide bonds. The SMILES string of the molecule is NNc1cc(C=O)ccc1Cl. The zero-order valence-electron chi connectivity index (χ0n) is 5.67. The summed E-state index contributed by atoms with van der Waals surface area (Å²) in [7, 11) is 0. The third kappa shape index (κ3) is 1.69. The number of halogens is 1. The van der Waals surface area contributed by atoms with Gasteiger partial charge in [-0.25, -0.2) is 0 Å². The van der Waals surface area contributed by atoms with Gasteiger partial charge >= 0.3 is 0 Å². The molecule has 0 saturated carbocycles. The van der Waals surface area contributed by atoms with Crippen LogP contribution < -0.4 is 11.3 Å². The molecule has 0 heterocycles. The van der Waals surface area contributed by atoms with Crippen LogP contribution in [0.1, 0.15) is 10.4 Å². The lowest BCUT2D eigenvalue weighted by atomic mass is 10.2. The van der Waals surface area contributed by atoms with Crippen molar-refractivity contribution in [2.75, 3.05) is 5.43 Å². The molecule has 0 aliphatic rings. The Morgan fingerprint density at radius 2 is 2.27 bits per heavy atom. The summed E-state index contributed by atoms with van der Waals surface area (Å²) in [6.07, 6.45) is 0.733. The molecular formula is C7H7ClN2O. The molecular weight excluding hydrogens is 164 g/mol.